The number of benzene rings is 1. The number of hydrogen-bond donors (Lipinski definition) is 1. The van der Waals surface area contributed by atoms with Crippen molar-refractivity contribution >= 4 is 0 Å². The molecule has 0 radical (unpaired) electrons. The molecule has 2 rings (SSSR count). The summed E-state index contributed by atoms with van der Waals surface area (Å²) in [6, 6.07) is 8.41. The highest BCUT2D eigenvalue weighted by Gasteiger charge is 2.40. The number of rotatable bonds is 4. The number of nitrogens with zero attached hydrogens (tertiary/aromatic N) is 1. The maximum atomic E-state index is 9.93. The predicted octanol–water partition coefficient (Wildman–Crippen LogP) is 1.82. The zero-order chi connectivity index (χ0) is 10.9. The van der Waals surface area contributed by atoms with E-state index in [1.807, 2.05) is 0 Å². The van der Waals surface area contributed by atoms with Crippen molar-refractivity contribution in [3.8, 4) is 0 Å². The Bertz CT molecular complexity index is 342. The molecular weight excluding hydrogens is 186 g/mol. The van der Waals surface area contributed by atoms with E-state index in [-0.39, 0.29) is 5.60 Å². The minimum absolute atomic E-state index is 0.386. The summed E-state index contributed by atoms with van der Waals surface area (Å²) >= 11 is 0. The first kappa shape index (κ1) is 10.7. The van der Waals surface area contributed by atoms with Gasteiger partial charge >= 0.3 is 0 Å². The Morgan fingerprint density at radius 2 is 1.80 bits per heavy atom. The second-order valence-corrected chi connectivity index (χ2v) is 4.91. The summed E-state index contributed by atoms with van der Waals surface area (Å²) in [6.45, 7) is 0.951. The number of aliphatic hydroxyl groups is 1. The van der Waals surface area contributed by atoms with E-state index < -0.39 is 0 Å². The molecule has 2 nitrogen and oxygen atoms in total. The molecule has 0 amide bonds. The average Bonchev–Trinajstić information content (AvgIpc) is 2.86. The van der Waals surface area contributed by atoms with Gasteiger partial charge in [-0.1, -0.05) is 24.3 Å². The highest BCUT2D eigenvalue weighted by Crippen LogP contribution is 2.38. The van der Waals surface area contributed by atoms with Crippen LogP contribution in [0.25, 0.3) is 0 Å². The van der Waals surface area contributed by atoms with E-state index in [2.05, 4.69) is 43.3 Å². The molecule has 1 fully saturated rings. The molecule has 1 aromatic rings. The summed E-state index contributed by atoms with van der Waals surface area (Å²) in [4.78, 5) is 2.16. The van der Waals surface area contributed by atoms with Crippen LogP contribution in [0, 0.1) is 0 Å². The van der Waals surface area contributed by atoms with Crippen molar-refractivity contribution in [2.75, 3.05) is 14.1 Å². The molecule has 0 bridgehead atoms. The Hall–Kier alpha value is -0.860. The van der Waals surface area contributed by atoms with Crippen molar-refractivity contribution < 1.29 is 5.11 Å². The smallest absolute Gasteiger partial charge is 0.0690 e. The van der Waals surface area contributed by atoms with Gasteiger partial charge in [-0.05, 0) is 38.1 Å². The highest BCUT2D eigenvalue weighted by atomic mass is 16.3. The minimum Gasteiger partial charge on any atom is -0.390 e. The Kier molecular flexibility index (Phi) is 2.81. The van der Waals surface area contributed by atoms with Gasteiger partial charge < -0.3 is 10.0 Å². The molecule has 15 heavy (non-hydrogen) atoms. The van der Waals surface area contributed by atoms with Gasteiger partial charge in [0.05, 0.1) is 5.60 Å². The standard InChI is InChI=1S/C13H19NO/c1-14(2)10-12-6-4-3-5-11(12)9-13(15)7-8-13/h3-6,15H,7-10H2,1-2H3. The van der Waals surface area contributed by atoms with Crippen LogP contribution in [0.4, 0.5) is 0 Å². The third-order valence-electron chi connectivity index (χ3n) is 2.95. The molecule has 1 aliphatic rings. The van der Waals surface area contributed by atoms with Crippen molar-refractivity contribution in [2.24, 2.45) is 0 Å². The van der Waals surface area contributed by atoms with Crippen molar-refractivity contribution in [1.82, 2.24) is 4.90 Å². The van der Waals surface area contributed by atoms with Gasteiger partial charge in [0.15, 0.2) is 0 Å². The zero-order valence-electron chi connectivity index (χ0n) is 9.53. The molecular formula is C13H19NO. The molecule has 0 unspecified atom stereocenters. The molecule has 1 saturated carbocycles. The minimum atomic E-state index is -0.386. The quantitative estimate of drug-likeness (QED) is 0.810. The van der Waals surface area contributed by atoms with Gasteiger partial charge in [0.1, 0.15) is 0 Å². The van der Waals surface area contributed by atoms with E-state index in [9.17, 15) is 5.11 Å². The fourth-order valence-corrected chi connectivity index (χ4v) is 1.90. The summed E-state index contributed by atoms with van der Waals surface area (Å²) in [6.07, 6.45) is 2.74. The first-order chi connectivity index (χ1) is 7.09. The summed E-state index contributed by atoms with van der Waals surface area (Å²) in [5, 5.41) is 9.93. The van der Waals surface area contributed by atoms with Crippen molar-refractivity contribution in [3.63, 3.8) is 0 Å². The lowest BCUT2D eigenvalue weighted by Crippen LogP contribution is -2.16. The molecule has 0 heterocycles. The fraction of sp³-hybridized carbons (Fsp3) is 0.538. The van der Waals surface area contributed by atoms with Gasteiger partial charge in [0.25, 0.3) is 0 Å². The van der Waals surface area contributed by atoms with E-state index in [1.54, 1.807) is 0 Å². The predicted molar refractivity (Wildman–Crippen MR) is 61.7 cm³/mol. The maximum Gasteiger partial charge on any atom is 0.0690 e. The van der Waals surface area contributed by atoms with Crippen LogP contribution in [-0.2, 0) is 13.0 Å². The summed E-state index contributed by atoms with van der Waals surface area (Å²) in [5.74, 6) is 0. The SMILES string of the molecule is CN(C)Cc1ccccc1CC1(O)CC1. The van der Waals surface area contributed by atoms with Gasteiger partial charge in [-0.2, -0.15) is 0 Å². The Morgan fingerprint density at radius 3 is 2.33 bits per heavy atom. The zero-order valence-corrected chi connectivity index (χ0v) is 9.53. The van der Waals surface area contributed by atoms with Gasteiger partial charge in [-0.3, -0.25) is 0 Å². The highest BCUT2D eigenvalue weighted by molar-refractivity contribution is 5.29. The first-order valence-corrected chi connectivity index (χ1v) is 5.53. The Morgan fingerprint density at radius 1 is 1.20 bits per heavy atom. The van der Waals surface area contributed by atoms with Crippen LogP contribution >= 0.6 is 0 Å². The van der Waals surface area contributed by atoms with E-state index in [1.165, 1.54) is 11.1 Å². The van der Waals surface area contributed by atoms with Crippen LogP contribution < -0.4 is 0 Å². The summed E-state index contributed by atoms with van der Waals surface area (Å²) < 4.78 is 0. The Labute approximate surface area is 91.5 Å². The molecule has 1 N–H and O–H groups in total. The molecule has 1 aromatic carbocycles. The molecule has 0 saturated heterocycles. The molecule has 0 atom stereocenters. The average molecular weight is 205 g/mol. The van der Waals surface area contributed by atoms with Crippen molar-refractivity contribution in [1.29, 1.82) is 0 Å². The molecule has 0 aliphatic heterocycles. The third kappa shape index (κ3) is 2.80. The third-order valence-corrected chi connectivity index (χ3v) is 2.95. The van der Waals surface area contributed by atoms with E-state index in [4.69, 9.17) is 0 Å². The van der Waals surface area contributed by atoms with Crippen LogP contribution in [-0.4, -0.2) is 29.7 Å². The van der Waals surface area contributed by atoms with Crippen LogP contribution in [0.1, 0.15) is 24.0 Å². The largest absolute Gasteiger partial charge is 0.390 e. The van der Waals surface area contributed by atoms with Crippen LogP contribution in [0.3, 0.4) is 0 Å². The topological polar surface area (TPSA) is 23.5 Å². The molecule has 0 spiro atoms. The number of hydrogen-bond acceptors (Lipinski definition) is 2. The molecule has 82 valence electrons. The fourth-order valence-electron chi connectivity index (χ4n) is 1.90. The molecule has 1 aliphatic carbocycles. The lowest BCUT2D eigenvalue weighted by Gasteiger charge is -2.16. The first-order valence-electron chi connectivity index (χ1n) is 5.53. The van der Waals surface area contributed by atoms with E-state index in [0.717, 1.165) is 25.8 Å². The maximum absolute atomic E-state index is 9.93. The molecule has 2 heteroatoms. The van der Waals surface area contributed by atoms with Crippen LogP contribution in [0.2, 0.25) is 0 Å². The van der Waals surface area contributed by atoms with Gasteiger partial charge in [-0.15, -0.1) is 0 Å². The van der Waals surface area contributed by atoms with Gasteiger partial charge in [-0.25, -0.2) is 0 Å². The van der Waals surface area contributed by atoms with Crippen molar-refractivity contribution in [2.45, 2.75) is 31.4 Å². The van der Waals surface area contributed by atoms with Crippen LogP contribution in [0.15, 0.2) is 24.3 Å². The second-order valence-electron chi connectivity index (χ2n) is 4.91. The molecule has 0 aromatic heterocycles. The second kappa shape index (κ2) is 3.95. The van der Waals surface area contributed by atoms with E-state index in [0.29, 0.717) is 0 Å². The van der Waals surface area contributed by atoms with Gasteiger partial charge in [0, 0.05) is 13.0 Å². The summed E-state index contributed by atoms with van der Waals surface area (Å²) in [5.41, 5.74) is 2.25. The van der Waals surface area contributed by atoms with Crippen molar-refractivity contribution in [3.05, 3.63) is 35.4 Å². The monoisotopic (exact) mass is 205 g/mol. The normalized spacial score (nSPS) is 18.1. The summed E-state index contributed by atoms with van der Waals surface area (Å²) in [7, 11) is 4.14. The van der Waals surface area contributed by atoms with Crippen LogP contribution in [0.5, 0.6) is 0 Å². The lowest BCUT2D eigenvalue weighted by atomic mass is 10.0. The Balaban J connectivity index is 2.14. The van der Waals surface area contributed by atoms with Gasteiger partial charge in [0.2, 0.25) is 0 Å². The lowest BCUT2D eigenvalue weighted by molar-refractivity contribution is 0.150. The van der Waals surface area contributed by atoms with E-state index >= 15 is 0 Å².